The van der Waals surface area contributed by atoms with Gasteiger partial charge in [0.05, 0.1) is 12.7 Å². The fourth-order valence-electron chi connectivity index (χ4n) is 3.10. The molecule has 0 aromatic heterocycles. The van der Waals surface area contributed by atoms with Crippen molar-refractivity contribution in [2.24, 2.45) is 5.92 Å². The van der Waals surface area contributed by atoms with Crippen molar-refractivity contribution >= 4 is 17.7 Å². The normalized spacial score (nSPS) is 22.6. The summed E-state index contributed by atoms with van der Waals surface area (Å²) < 4.78 is 11.2. The molecule has 0 radical (unpaired) electrons. The molecule has 1 aliphatic rings. The quantitative estimate of drug-likeness (QED) is 0.371. The van der Waals surface area contributed by atoms with E-state index in [0.717, 1.165) is 24.5 Å². The van der Waals surface area contributed by atoms with Gasteiger partial charge in [-0.2, -0.15) is 0 Å². The topological polar surface area (TPSA) is 89.9 Å². The number of carbonyl (C=O) groups excluding carboxylic acids is 2. The Morgan fingerprint density at radius 1 is 1.30 bits per heavy atom. The number of ketones is 1. The van der Waals surface area contributed by atoms with E-state index in [9.17, 15) is 14.4 Å². The predicted molar refractivity (Wildman–Crippen MR) is 102 cm³/mol. The van der Waals surface area contributed by atoms with Crippen LogP contribution in [0, 0.1) is 5.92 Å². The number of carbonyl (C=O) groups is 3. The third-order valence-electron chi connectivity index (χ3n) is 4.68. The molecule has 1 heterocycles. The number of rotatable bonds is 9. The van der Waals surface area contributed by atoms with Gasteiger partial charge in [-0.1, -0.05) is 25.0 Å². The van der Waals surface area contributed by atoms with Gasteiger partial charge in [-0.05, 0) is 45.1 Å². The molecule has 0 amide bonds. The van der Waals surface area contributed by atoms with Crippen LogP contribution in [0.5, 0.6) is 0 Å². The SMILES string of the molecule is CC(=O)O[C@@H]1CC/C(=C\C(=O)O)CO[C@H]1CCCC(C)C(=O)CC=C(C)C. The van der Waals surface area contributed by atoms with E-state index in [2.05, 4.69) is 0 Å². The van der Waals surface area contributed by atoms with Crippen LogP contribution in [0.15, 0.2) is 23.3 Å². The molecule has 27 heavy (non-hydrogen) atoms. The van der Waals surface area contributed by atoms with E-state index in [1.54, 1.807) is 0 Å². The fourth-order valence-corrected chi connectivity index (χ4v) is 3.10. The summed E-state index contributed by atoms with van der Waals surface area (Å²) in [5.74, 6) is -1.17. The molecule has 0 bridgehead atoms. The Hall–Kier alpha value is -1.95. The van der Waals surface area contributed by atoms with E-state index in [1.807, 2.05) is 26.8 Å². The van der Waals surface area contributed by atoms with Gasteiger partial charge in [0.2, 0.25) is 0 Å². The lowest BCUT2D eigenvalue weighted by molar-refractivity contribution is -0.154. The number of aliphatic carboxylic acids is 1. The third-order valence-corrected chi connectivity index (χ3v) is 4.68. The van der Waals surface area contributed by atoms with Gasteiger partial charge < -0.3 is 14.6 Å². The van der Waals surface area contributed by atoms with Crippen LogP contribution < -0.4 is 0 Å². The van der Waals surface area contributed by atoms with Crippen LogP contribution in [0.3, 0.4) is 0 Å². The molecular formula is C21H32O6. The van der Waals surface area contributed by atoms with Crippen LogP contribution in [0.2, 0.25) is 0 Å². The minimum atomic E-state index is -1.00. The zero-order valence-electron chi connectivity index (χ0n) is 16.8. The van der Waals surface area contributed by atoms with Crippen molar-refractivity contribution in [1.29, 1.82) is 0 Å². The summed E-state index contributed by atoms with van der Waals surface area (Å²) in [7, 11) is 0. The summed E-state index contributed by atoms with van der Waals surface area (Å²) in [4.78, 5) is 34.4. The van der Waals surface area contributed by atoms with E-state index in [4.69, 9.17) is 14.6 Å². The fraction of sp³-hybridized carbons (Fsp3) is 0.667. The van der Waals surface area contributed by atoms with Gasteiger partial charge in [0, 0.05) is 25.3 Å². The van der Waals surface area contributed by atoms with Crippen molar-refractivity contribution in [3.05, 3.63) is 23.3 Å². The van der Waals surface area contributed by atoms with Crippen molar-refractivity contribution in [2.75, 3.05) is 6.61 Å². The van der Waals surface area contributed by atoms with E-state index >= 15 is 0 Å². The Bertz CT molecular complexity index is 585. The first kappa shape index (κ1) is 23.1. The number of ether oxygens (including phenoxy) is 2. The van der Waals surface area contributed by atoms with Crippen molar-refractivity contribution in [3.8, 4) is 0 Å². The van der Waals surface area contributed by atoms with Crippen molar-refractivity contribution in [1.82, 2.24) is 0 Å². The van der Waals surface area contributed by atoms with E-state index < -0.39 is 5.97 Å². The van der Waals surface area contributed by atoms with E-state index in [-0.39, 0.29) is 36.5 Å². The Kier molecular flexibility index (Phi) is 10.0. The van der Waals surface area contributed by atoms with Gasteiger partial charge in [-0.25, -0.2) is 4.79 Å². The lowest BCUT2D eigenvalue weighted by Gasteiger charge is -2.24. The minimum absolute atomic E-state index is 0.0268. The molecule has 1 saturated heterocycles. The van der Waals surface area contributed by atoms with Gasteiger partial charge in [0.25, 0.3) is 0 Å². The first-order valence-corrected chi connectivity index (χ1v) is 9.56. The Morgan fingerprint density at radius 3 is 2.59 bits per heavy atom. The first-order chi connectivity index (χ1) is 12.7. The van der Waals surface area contributed by atoms with E-state index in [1.165, 1.54) is 6.92 Å². The minimum Gasteiger partial charge on any atom is -0.478 e. The largest absolute Gasteiger partial charge is 0.478 e. The van der Waals surface area contributed by atoms with Crippen molar-refractivity contribution < 1.29 is 29.0 Å². The maximum Gasteiger partial charge on any atom is 0.328 e. The molecule has 0 aromatic rings. The Labute approximate surface area is 161 Å². The highest BCUT2D eigenvalue weighted by molar-refractivity contribution is 5.82. The zero-order valence-corrected chi connectivity index (χ0v) is 16.8. The molecule has 0 spiro atoms. The standard InChI is InChI=1S/C21H32O6/c1-14(2)8-10-18(23)15(3)6-5-7-19-20(27-16(4)22)11-9-17(13-26-19)12-21(24)25/h8,12,15,19-20H,5-7,9-11,13H2,1-4H3,(H,24,25)/b17-12+/t15?,19-,20+/m0/s1. The summed E-state index contributed by atoms with van der Waals surface area (Å²) in [5, 5.41) is 8.91. The number of carboxylic acid groups (broad SMARTS) is 1. The number of hydrogen-bond donors (Lipinski definition) is 1. The van der Waals surface area contributed by atoms with Crippen LogP contribution >= 0.6 is 0 Å². The number of allylic oxidation sites excluding steroid dienone is 2. The van der Waals surface area contributed by atoms with Crippen LogP contribution in [-0.2, 0) is 23.9 Å². The first-order valence-electron chi connectivity index (χ1n) is 9.56. The molecule has 0 aliphatic carbocycles. The zero-order chi connectivity index (χ0) is 20.4. The number of esters is 1. The molecule has 1 unspecified atom stereocenters. The monoisotopic (exact) mass is 380 g/mol. The number of carboxylic acids is 1. The second-order valence-corrected chi connectivity index (χ2v) is 7.46. The molecule has 6 nitrogen and oxygen atoms in total. The molecule has 1 aliphatic heterocycles. The second-order valence-electron chi connectivity index (χ2n) is 7.46. The highest BCUT2D eigenvalue weighted by atomic mass is 16.6. The van der Waals surface area contributed by atoms with Crippen molar-refractivity contribution in [3.63, 3.8) is 0 Å². The molecular weight excluding hydrogens is 348 g/mol. The van der Waals surface area contributed by atoms with Gasteiger partial charge in [0.1, 0.15) is 11.9 Å². The van der Waals surface area contributed by atoms with Crippen LogP contribution in [0.4, 0.5) is 0 Å². The summed E-state index contributed by atoms with van der Waals surface area (Å²) in [6.07, 6.45) is 6.16. The third kappa shape index (κ3) is 9.52. The Balaban J connectivity index is 2.60. The molecule has 0 saturated carbocycles. The molecule has 152 valence electrons. The highest BCUT2D eigenvalue weighted by Crippen LogP contribution is 2.25. The highest BCUT2D eigenvalue weighted by Gasteiger charge is 2.28. The predicted octanol–water partition coefficient (Wildman–Crippen LogP) is 3.84. The lowest BCUT2D eigenvalue weighted by atomic mass is 9.94. The lowest BCUT2D eigenvalue weighted by Crippen LogP contribution is -2.32. The molecule has 0 aromatic carbocycles. The molecule has 3 atom stereocenters. The molecule has 1 fully saturated rings. The van der Waals surface area contributed by atoms with Gasteiger partial charge in [-0.15, -0.1) is 0 Å². The number of Topliss-reactive ketones (excluding diaryl/α,β-unsaturated/α-hetero) is 1. The van der Waals surface area contributed by atoms with Gasteiger partial charge >= 0.3 is 11.9 Å². The average Bonchev–Trinajstić information content (AvgIpc) is 2.74. The average molecular weight is 380 g/mol. The van der Waals surface area contributed by atoms with Crippen LogP contribution in [-0.4, -0.2) is 41.6 Å². The van der Waals surface area contributed by atoms with Gasteiger partial charge in [0.15, 0.2) is 0 Å². The maximum absolute atomic E-state index is 12.1. The smallest absolute Gasteiger partial charge is 0.328 e. The summed E-state index contributed by atoms with van der Waals surface area (Å²) >= 11 is 0. The molecule has 1 N–H and O–H groups in total. The molecule has 6 heteroatoms. The van der Waals surface area contributed by atoms with Crippen molar-refractivity contribution in [2.45, 2.75) is 78.4 Å². The summed E-state index contributed by atoms with van der Waals surface area (Å²) in [6.45, 7) is 7.48. The van der Waals surface area contributed by atoms with Crippen LogP contribution in [0.25, 0.3) is 0 Å². The maximum atomic E-state index is 12.1. The number of hydrogen-bond acceptors (Lipinski definition) is 5. The summed E-state index contributed by atoms with van der Waals surface area (Å²) in [5.41, 5.74) is 1.82. The van der Waals surface area contributed by atoms with Crippen LogP contribution in [0.1, 0.15) is 66.2 Å². The Morgan fingerprint density at radius 2 is 2.00 bits per heavy atom. The van der Waals surface area contributed by atoms with Gasteiger partial charge in [-0.3, -0.25) is 9.59 Å². The summed E-state index contributed by atoms with van der Waals surface area (Å²) in [6, 6.07) is 0. The second kappa shape index (κ2) is 11.7. The molecule has 1 rings (SSSR count). The van der Waals surface area contributed by atoms with E-state index in [0.29, 0.717) is 31.3 Å².